The number of amides is 2. The van der Waals surface area contributed by atoms with Crippen LogP contribution in [-0.2, 0) is 4.79 Å². The molecule has 0 saturated carbocycles. The van der Waals surface area contributed by atoms with Crippen LogP contribution in [0.1, 0.15) is 29.0 Å². The third kappa shape index (κ3) is 4.67. The molecule has 1 saturated heterocycles. The second-order valence-electron chi connectivity index (χ2n) is 5.19. The van der Waals surface area contributed by atoms with Gasteiger partial charge in [-0.15, -0.1) is 11.8 Å². The van der Waals surface area contributed by atoms with Crippen LogP contribution in [0, 0.1) is 6.92 Å². The molecule has 2 rings (SSSR count). The first-order chi connectivity index (χ1) is 10.6. The number of aryl methyl sites for hydroxylation is 1. The summed E-state index contributed by atoms with van der Waals surface area (Å²) in [5.41, 5.74) is 6.91. The Morgan fingerprint density at radius 1 is 1.50 bits per heavy atom. The summed E-state index contributed by atoms with van der Waals surface area (Å²) >= 11 is 1.74. The maximum Gasteiger partial charge on any atom is 0.271 e. The van der Waals surface area contributed by atoms with Crippen LogP contribution in [0.4, 0.5) is 0 Å². The van der Waals surface area contributed by atoms with Gasteiger partial charge in [0.25, 0.3) is 5.91 Å². The van der Waals surface area contributed by atoms with Gasteiger partial charge in [0.15, 0.2) is 0 Å². The van der Waals surface area contributed by atoms with Crippen molar-refractivity contribution in [2.24, 2.45) is 5.73 Å². The molecule has 1 aromatic rings. The first-order valence-electron chi connectivity index (χ1n) is 7.27. The maximum absolute atomic E-state index is 12.0. The Balaban J connectivity index is 1.68. The smallest absolute Gasteiger partial charge is 0.271 e. The quantitative estimate of drug-likeness (QED) is 0.723. The fourth-order valence-corrected chi connectivity index (χ4v) is 3.09. The second-order valence-corrected chi connectivity index (χ2v) is 6.26. The van der Waals surface area contributed by atoms with E-state index < -0.39 is 6.04 Å². The van der Waals surface area contributed by atoms with Crippen molar-refractivity contribution < 1.29 is 9.59 Å². The first kappa shape index (κ1) is 16.7. The SMILES string of the molecule is Cc1cncc(C(=O)NCCCC(N)C(=O)N2CCSC2)n1. The zero-order valence-electron chi connectivity index (χ0n) is 12.6. The van der Waals surface area contributed by atoms with Crippen LogP contribution < -0.4 is 11.1 Å². The number of carbonyl (C=O) groups excluding carboxylic acids is 2. The highest BCUT2D eigenvalue weighted by Gasteiger charge is 2.23. The molecule has 1 aliphatic heterocycles. The van der Waals surface area contributed by atoms with E-state index in [-0.39, 0.29) is 11.8 Å². The lowest BCUT2D eigenvalue weighted by Crippen LogP contribution is -2.42. The van der Waals surface area contributed by atoms with E-state index >= 15 is 0 Å². The molecule has 1 atom stereocenters. The van der Waals surface area contributed by atoms with E-state index in [4.69, 9.17) is 5.73 Å². The van der Waals surface area contributed by atoms with Crippen molar-refractivity contribution in [1.29, 1.82) is 0 Å². The van der Waals surface area contributed by atoms with Crippen LogP contribution in [0.5, 0.6) is 0 Å². The molecule has 0 spiro atoms. The molecular weight excluding hydrogens is 302 g/mol. The normalized spacial score (nSPS) is 15.6. The highest BCUT2D eigenvalue weighted by atomic mass is 32.2. The number of hydrogen-bond donors (Lipinski definition) is 2. The minimum absolute atomic E-state index is 0.000812. The van der Waals surface area contributed by atoms with Gasteiger partial charge in [0.1, 0.15) is 5.69 Å². The predicted octanol–water partition coefficient (Wildman–Crippen LogP) is 0.155. The van der Waals surface area contributed by atoms with Crippen molar-refractivity contribution in [3.63, 3.8) is 0 Å². The molecule has 0 aliphatic carbocycles. The summed E-state index contributed by atoms with van der Waals surface area (Å²) in [4.78, 5) is 33.7. The largest absolute Gasteiger partial charge is 0.351 e. The third-order valence-corrected chi connectivity index (χ3v) is 4.31. The summed E-state index contributed by atoms with van der Waals surface area (Å²) in [6.07, 6.45) is 4.24. The molecule has 8 heteroatoms. The topological polar surface area (TPSA) is 101 Å². The Kier molecular flexibility index (Phi) is 6.14. The van der Waals surface area contributed by atoms with Gasteiger partial charge in [0, 0.05) is 25.0 Å². The Bertz CT molecular complexity index is 534. The lowest BCUT2D eigenvalue weighted by Gasteiger charge is -2.19. The monoisotopic (exact) mass is 323 g/mol. The van der Waals surface area contributed by atoms with Crippen LogP contribution >= 0.6 is 11.8 Å². The van der Waals surface area contributed by atoms with Crippen molar-refractivity contribution in [2.45, 2.75) is 25.8 Å². The molecule has 120 valence electrons. The van der Waals surface area contributed by atoms with Gasteiger partial charge >= 0.3 is 0 Å². The molecule has 0 aromatic carbocycles. The van der Waals surface area contributed by atoms with Crippen LogP contribution in [0.25, 0.3) is 0 Å². The summed E-state index contributed by atoms with van der Waals surface area (Å²) in [7, 11) is 0. The lowest BCUT2D eigenvalue weighted by molar-refractivity contribution is -0.131. The van der Waals surface area contributed by atoms with Crippen LogP contribution in [-0.4, -0.2) is 57.4 Å². The Morgan fingerprint density at radius 3 is 3.00 bits per heavy atom. The van der Waals surface area contributed by atoms with E-state index in [0.29, 0.717) is 30.8 Å². The molecule has 1 aromatic heterocycles. The molecule has 1 fully saturated rings. The highest BCUT2D eigenvalue weighted by molar-refractivity contribution is 7.99. The number of nitrogens with one attached hydrogen (secondary N) is 1. The van der Waals surface area contributed by atoms with Gasteiger partial charge in [-0.3, -0.25) is 14.6 Å². The molecule has 7 nitrogen and oxygen atoms in total. The van der Waals surface area contributed by atoms with Crippen LogP contribution in [0.15, 0.2) is 12.4 Å². The van der Waals surface area contributed by atoms with Crippen molar-refractivity contribution in [1.82, 2.24) is 20.2 Å². The molecule has 1 unspecified atom stereocenters. The number of rotatable bonds is 6. The Labute approximate surface area is 134 Å². The van der Waals surface area contributed by atoms with Gasteiger partial charge in [-0.05, 0) is 19.8 Å². The molecule has 3 N–H and O–H groups in total. The highest BCUT2D eigenvalue weighted by Crippen LogP contribution is 2.14. The lowest BCUT2D eigenvalue weighted by atomic mass is 10.1. The zero-order valence-corrected chi connectivity index (χ0v) is 13.4. The van der Waals surface area contributed by atoms with Gasteiger partial charge in [-0.2, -0.15) is 0 Å². The minimum Gasteiger partial charge on any atom is -0.351 e. The summed E-state index contributed by atoms with van der Waals surface area (Å²) in [5, 5.41) is 2.76. The predicted molar refractivity (Wildman–Crippen MR) is 85.3 cm³/mol. The number of nitrogens with zero attached hydrogens (tertiary/aromatic N) is 3. The van der Waals surface area contributed by atoms with Crippen molar-refractivity contribution in [2.75, 3.05) is 24.7 Å². The minimum atomic E-state index is -0.491. The third-order valence-electron chi connectivity index (χ3n) is 3.35. The summed E-state index contributed by atoms with van der Waals surface area (Å²) < 4.78 is 0. The van der Waals surface area contributed by atoms with E-state index in [9.17, 15) is 9.59 Å². The molecule has 2 heterocycles. The summed E-state index contributed by atoms with van der Waals surface area (Å²) in [5.74, 6) is 1.45. The molecule has 22 heavy (non-hydrogen) atoms. The Hall–Kier alpha value is -1.67. The van der Waals surface area contributed by atoms with Gasteiger partial charge in [0.2, 0.25) is 5.91 Å². The van der Waals surface area contributed by atoms with Gasteiger partial charge in [-0.25, -0.2) is 4.98 Å². The first-order valence-corrected chi connectivity index (χ1v) is 8.42. The van der Waals surface area contributed by atoms with Crippen LogP contribution in [0.2, 0.25) is 0 Å². The van der Waals surface area contributed by atoms with Crippen LogP contribution in [0.3, 0.4) is 0 Å². The molecule has 2 amide bonds. The number of aromatic nitrogens is 2. The average Bonchev–Trinajstić information content (AvgIpc) is 3.04. The average molecular weight is 323 g/mol. The summed E-state index contributed by atoms with van der Waals surface area (Å²) in [6.45, 7) is 3.02. The molecular formula is C14H21N5O2S. The number of nitrogens with two attached hydrogens (primary N) is 1. The van der Waals surface area contributed by atoms with Gasteiger partial charge < -0.3 is 16.0 Å². The van der Waals surface area contributed by atoms with E-state index in [1.54, 1.807) is 29.8 Å². The zero-order chi connectivity index (χ0) is 15.9. The van der Waals surface area contributed by atoms with E-state index in [0.717, 1.165) is 18.2 Å². The van der Waals surface area contributed by atoms with Crippen molar-refractivity contribution >= 4 is 23.6 Å². The number of thioether (sulfide) groups is 1. The number of carbonyl (C=O) groups is 2. The fourth-order valence-electron chi connectivity index (χ4n) is 2.13. The molecule has 1 aliphatic rings. The van der Waals surface area contributed by atoms with Gasteiger partial charge in [-0.1, -0.05) is 0 Å². The van der Waals surface area contributed by atoms with E-state index in [2.05, 4.69) is 15.3 Å². The fraction of sp³-hybridized carbons (Fsp3) is 0.571. The number of hydrogen-bond acceptors (Lipinski definition) is 6. The summed E-state index contributed by atoms with van der Waals surface area (Å²) in [6, 6.07) is -0.491. The standard InChI is InChI=1S/C14H21N5O2S/c1-10-7-16-8-12(18-10)13(20)17-4-2-3-11(15)14(21)19-5-6-22-9-19/h7-8,11H,2-6,9,15H2,1H3,(H,17,20). The van der Waals surface area contributed by atoms with Crippen molar-refractivity contribution in [3.05, 3.63) is 23.8 Å². The second kappa shape index (κ2) is 8.09. The van der Waals surface area contributed by atoms with E-state index in [1.165, 1.54) is 6.20 Å². The van der Waals surface area contributed by atoms with Gasteiger partial charge in [0.05, 0.1) is 23.8 Å². The van der Waals surface area contributed by atoms with E-state index in [1.807, 2.05) is 0 Å². The maximum atomic E-state index is 12.0. The van der Waals surface area contributed by atoms with Crippen molar-refractivity contribution in [3.8, 4) is 0 Å². The molecule has 0 radical (unpaired) electrons. The molecule has 0 bridgehead atoms. The Morgan fingerprint density at radius 2 is 2.32 bits per heavy atom.